The molecule has 0 saturated carbocycles. The topological polar surface area (TPSA) is 24.4 Å². The van der Waals surface area contributed by atoms with E-state index in [-0.39, 0.29) is 0 Å². The van der Waals surface area contributed by atoms with Crippen LogP contribution in [0.3, 0.4) is 0 Å². The van der Waals surface area contributed by atoms with Crippen molar-refractivity contribution in [3.05, 3.63) is 24.0 Å². The molecular formula is C9H14N2. The average Bonchev–Trinajstić information content (AvgIpc) is 2.28. The number of nitrogens with zero attached hydrogens (tertiary/aromatic N) is 1. The predicted octanol–water partition coefficient (Wildman–Crippen LogP) is 1.71. The third kappa shape index (κ3) is 2.22. The Bertz CT molecular complexity index is 202. The highest BCUT2D eigenvalue weighted by atomic mass is 15.0. The van der Waals surface area contributed by atoms with Crippen LogP contribution in [-0.4, -0.2) is 13.3 Å². The maximum Gasteiger partial charge on any atom is 0.122 e. The molecule has 0 aromatic carbocycles. The quantitative estimate of drug-likeness (QED) is 0.636. The molecule has 0 unspecified atom stereocenters. The van der Waals surface area contributed by atoms with E-state index in [1.807, 2.05) is 19.3 Å². The van der Waals surface area contributed by atoms with E-state index in [2.05, 4.69) is 29.4 Å². The Hall–Kier alpha value is -1.05. The van der Waals surface area contributed by atoms with Crippen LogP contribution in [0.25, 0.3) is 0 Å². The van der Waals surface area contributed by atoms with Gasteiger partial charge in [-0.1, -0.05) is 13.0 Å². The van der Waals surface area contributed by atoms with Crippen LogP contribution in [0.4, 0.5) is 0 Å². The fraction of sp³-hybridized carbons (Fsp3) is 0.444. The van der Waals surface area contributed by atoms with Gasteiger partial charge in [0, 0.05) is 13.3 Å². The lowest BCUT2D eigenvalue weighted by Crippen LogP contribution is -2.04. The van der Waals surface area contributed by atoms with Crippen molar-refractivity contribution in [3.63, 3.8) is 0 Å². The standard InChI is InChI=1S/C9H14N2/c1-3-8-5-4-6-11-9(7-8)10-2/h4-8,10H,3H2,1-2H3/t8-/m0/s1. The van der Waals surface area contributed by atoms with Gasteiger partial charge < -0.3 is 5.32 Å². The molecule has 0 fully saturated rings. The summed E-state index contributed by atoms with van der Waals surface area (Å²) in [7, 11) is 1.89. The van der Waals surface area contributed by atoms with Crippen molar-refractivity contribution >= 4 is 6.21 Å². The van der Waals surface area contributed by atoms with Crippen LogP contribution >= 0.6 is 0 Å². The van der Waals surface area contributed by atoms with E-state index in [1.54, 1.807) is 0 Å². The third-order valence-corrected chi connectivity index (χ3v) is 1.76. The van der Waals surface area contributed by atoms with Gasteiger partial charge in [-0.25, -0.2) is 4.99 Å². The van der Waals surface area contributed by atoms with Gasteiger partial charge in [-0.2, -0.15) is 0 Å². The Morgan fingerprint density at radius 3 is 3.09 bits per heavy atom. The molecule has 1 aliphatic rings. The van der Waals surface area contributed by atoms with Crippen LogP contribution in [0, 0.1) is 5.92 Å². The first-order valence-corrected chi connectivity index (χ1v) is 3.97. The molecule has 1 N–H and O–H groups in total. The zero-order valence-corrected chi connectivity index (χ0v) is 7.04. The molecule has 2 heteroatoms. The summed E-state index contributed by atoms with van der Waals surface area (Å²) in [5.41, 5.74) is 0. The Morgan fingerprint density at radius 2 is 2.45 bits per heavy atom. The van der Waals surface area contributed by atoms with E-state index in [4.69, 9.17) is 0 Å². The summed E-state index contributed by atoms with van der Waals surface area (Å²) in [4.78, 5) is 4.18. The van der Waals surface area contributed by atoms with Crippen LogP contribution < -0.4 is 5.32 Å². The molecule has 0 aromatic heterocycles. The summed E-state index contributed by atoms with van der Waals surface area (Å²) in [5, 5.41) is 3.03. The van der Waals surface area contributed by atoms with E-state index < -0.39 is 0 Å². The van der Waals surface area contributed by atoms with Crippen molar-refractivity contribution in [2.75, 3.05) is 7.05 Å². The molecule has 0 amide bonds. The first-order valence-electron chi connectivity index (χ1n) is 3.97. The van der Waals surface area contributed by atoms with Gasteiger partial charge in [-0.3, -0.25) is 0 Å². The molecule has 0 radical (unpaired) electrons. The summed E-state index contributed by atoms with van der Waals surface area (Å²) >= 11 is 0. The molecule has 1 heterocycles. The van der Waals surface area contributed by atoms with E-state index in [0.717, 1.165) is 12.2 Å². The van der Waals surface area contributed by atoms with Crippen LogP contribution in [0.2, 0.25) is 0 Å². The summed E-state index contributed by atoms with van der Waals surface area (Å²) < 4.78 is 0. The number of rotatable bonds is 2. The summed E-state index contributed by atoms with van der Waals surface area (Å²) in [6, 6.07) is 0. The Labute approximate surface area is 67.7 Å². The average molecular weight is 150 g/mol. The molecule has 0 aromatic rings. The first kappa shape index (κ1) is 8.05. The van der Waals surface area contributed by atoms with Gasteiger partial charge in [0.15, 0.2) is 0 Å². The minimum absolute atomic E-state index is 0.528. The van der Waals surface area contributed by atoms with E-state index in [9.17, 15) is 0 Å². The third-order valence-electron chi connectivity index (χ3n) is 1.76. The minimum Gasteiger partial charge on any atom is -0.373 e. The summed E-state index contributed by atoms with van der Waals surface area (Å²) in [6.07, 6.45) is 9.24. The van der Waals surface area contributed by atoms with Gasteiger partial charge in [0.05, 0.1) is 0 Å². The monoisotopic (exact) mass is 150 g/mol. The Morgan fingerprint density at radius 1 is 1.64 bits per heavy atom. The predicted molar refractivity (Wildman–Crippen MR) is 48.6 cm³/mol. The second kappa shape index (κ2) is 3.96. The largest absolute Gasteiger partial charge is 0.373 e. The molecule has 0 saturated heterocycles. The van der Waals surface area contributed by atoms with Crippen LogP contribution in [-0.2, 0) is 0 Å². The molecule has 1 rings (SSSR count). The second-order valence-electron chi connectivity index (χ2n) is 2.54. The zero-order valence-electron chi connectivity index (χ0n) is 7.04. The fourth-order valence-corrected chi connectivity index (χ4v) is 1.02. The molecule has 0 aliphatic carbocycles. The molecule has 60 valence electrons. The first-order chi connectivity index (χ1) is 5.36. The highest BCUT2D eigenvalue weighted by Crippen LogP contribution is 2.10. The normalized spacial score (nSPS) is 22.7. The van der Waals surface area contributed by atoms with Crippen molar-refractivity contribution in [2.24, 2.45) is 10.9 Å². The minimum atomic E-state index is 0.528. The van der Waals surface area contributed by atoms with Gasteiger partial charge in [0.25, 0.3) is 0 Å². The maximum absolute atomic E-state index is 4.18. The van der Waals surface area contributed by atoms with Crippen molar-refractivity contribution in [3.8, 4) is 0 Å². The van der Waals surface area contributed by atoms with Crippen LogP contribution in [0.5, 0.6) is 0 Å². The number of allylic oxidation sites excluding steroid dienone is 3. The number of nitrogens with one attached hydrogen (secondary N) is 1. The van der Waals surface area contributed by atoms with Crippen molar-refractivity contribution in [1.29, 1.82) is 0 Å². The lowest BCUT2D eigenvalue weighted by atomic mass is 10.1. The maximum atomic E-state index is 4.18. The second-order valence-corrected chi connectivity index (χ2v) is 2.54. The summed E-state index contributed by atoms with van der Waals surface area (Å²) in [5.74, 6) is 1.49. The van der Waals surface area contributed by atoms with E-state index in [1.165, 1.54) is 0 Å². The van der Waals surface area contributed by atoms with Crippen LogP contribution in [0.1, 0.15) is 13.3 Å². The zero-order chi connectivity index (χ0) is 8.10. The molecule has 11 heavy (non-hydrogen) atoms. The Kier molecular flexibility index (Phi) is 2.90. The smallest absolute Gasteiger partial charge is 0.122 e. The van der Waals surface area contributed by atoms with Gasteiger partial charge in [-0.05, 0) is 24.5 Å². The van der Waals surface area contributed by atoms with Gasteiger partial charge >= 0.3 is 0 Å². The molecule has 1 atom stereocenters. The SMILES string of the molecule is CC[C@H]1C=CC=NC(NC)=C1. The number of hydrogen-bond donors (Lipinski definition) is 1. The molecule has 1 aliphatic heterocycles. The molecule has 2 nitrogen and oxygen atoms in total. The van der Waals surface area contributed by atoms with Gasteiger partial charge in [0.1, 0.15) is 5.82 Å². The van der Waals surface area contributed by atoms with E-state index in [0.29, 0.717) is 5.92 Å². The lowest BCUT2D eigenvalue weighted by Gasteiger charge is -2.03. The van der Waals surface area contributed by atoms with Crippen molar-refractivity contribution in [1.82, 2.24) is 5.32 Å². The highest BCUT2D eigenvalue weighted by Gasteiger charge is 2.00. The van der Waals surface area contributed by atoms with Gasteiger partial charge in [-0.15, -0.1) is 0 Å². The number of hydrogen-bond acceptors (Lipinski definition) is 2. The highest BCUT2D eigenvalue weighted by molar-refractivity contribution is 5.72. The lowest BCUT2D eigenvalue weighted by molar-refractivity contribution is 0.757. The molecule has 0 spiro atoms. The van der Waals surface area contributed by atoms with Crippen molar-refractivity contribution < 1.29 is 0 Å². The Balaban J connectivity index is 2.72. The summed E-state index contributed by atoms with van der Waals surface area (Å²) in [6.45, 7) is 2.17. The fourth-order valence-electron chi connectivity index (χ4n) is 1.02. The number of aliphatic imine (C=N–C) groups is 1. The van der Waals surface area contributed by atoms with Gasteiger partial charge in [0.2, 0.25) is 0 Å². The molecular weight excluding hydrogens is 136 g/mol. The van der Waals surface area contributed by atoms with Crippen LogP contribution in [0.15, 0.2) is 29.0 Å². The van der Waals surface area contributed by atoms with Crippen molar-refractivity contribution in [2.45, 2.75) is 13.3 Å². The molecule has 0 bridgehead atoms. The van der Waals surface area contributed by atoms with E-state index >= 15 is 0 Å².